The number of hydrogen-bond acceptors (Lipinski definition) is 4. The Bertz CT molecular complexity index is 1040. The highest BCUT2D eigenvalue weighted by molar-refractivity contribution is 6.32. The van der Waals surface area contributed by atoms with Gasteiger partial charge in [0, 0.05) is 24.0 Å². The Labute approximate surface area is 168 Å². The van der Waals surface area contributed by atoms with E-state index in [1.165, 1.54) is 0 Å². The minimum absolute atomic E-state index is 0.141. The van der Waals surface area contributed by atoms with Crippen molar-refractivity contribution in [2.45, 2.75) is 12.8 Å². The molecule has 142 valence electrons. The van der Waals surface area contributed by atoms with E-state index in [0.717, 1.165) is 35.3 Å². The number of fused-ring (bicyclic) bond motifs is 1. The van der Waals surface area contributed by atoms with Crippen molar-refractivity contribution in [2.24, 2.45) is 0 Å². The number of pyridine rings is 1. The van der Waals surface area contributed by atoms with Gasteiger partial charge in [-0.3, -0.25) is 4.79 Å². The van der Waals surface area contributed by atoms with E-state index >= 15 is 0 Å². The third-order valence-electron chi connectivity index (χ3n) is 4.80. The van der Waals surface area contributed by atoms with Crippen LogP contribution in [0.3, 0.4) is 0 Å². The molecule has 0 spiro atoms. The van der Waals surface area contributed by atoms with Gasteiger partial charge >= 0.3 is 0 Å². The first kappa shape index (κ1) is 18.3. The second-order valence-electron chi connectivity index (χ2n) is 6.66. The molecule has 2 aromatic carbocycles. The summed E-state index contributed by atoms with van der Waals surface area (Å²) in [7, 11) is 1.59. The molecule has 1 aliphatic heterocycles. The molecule has 0 saturated carbocycles. The number of halogens is 1. The lowest BCUT2D eigenvalue weighted by Gasteiger charge is -2.10. The zero-order chi connectivity index (χ0) is 19.5. The van der Waals surface area contributed by atoms with Gasteiger partial charge in [0.25, 0.3) is 5.91 Å². The van der Waals surface area contributed by atoms with Crippen molar-refractivity contribution < 1.29 is 9.53 Å². The third kappa shape index (κ3) is 3.80. The molecule has 0 aliphatic carbocycles. The van der Waals surface area contributed by atoms with Crippen LogP contribution in [0.4, 0.5) is 11.5 Å². The van der Waals surface area contributed by atoms with Gasteiger partial charge in [-0.2, -0.15) is 0 Å². The lowest BCUT2D eigenvalue weighted by atomic mass is 10.0. The number of rotatable bonds is 5. The van der Waals surface area contributed by atoms with Crippen molar-refractivity contribution in [2.75, 3.05) is 24.3 Å². The zero-order valence-electron chi connectivity index (χ0n) is 15.5. The van der Waals surface area contributed by atoms with Crippen molar-refractivity contribution in [1.29, 1.82) is 0 Å². The van der Waals surface area contributed by atoms with Crippen molar-refractivity contribution >= 4 is 29.0 Å². The number of carbonyl (C=O) groups is 1. The monoisotopic (exact) mass is 393 g/mol. The molecule has 5 nitrogen and oxygen atoms in total. The SMILES string of the molecule is COc1ccc(Cc2ccnc(NC(=O)c3cccc4c3CCN4)c2)cc1Cl. The van der Waals surface area contributed by atoms with Gasteiger partial charge in [-0.1, -0.05) is 23.7 Å². The maximum atomic E-state index is 12.7. The molecule has 1 aromatic heterocycles. The molecule has 0 saturated heterocycles. The Balaban J connectivity index is 1.51. The van der Waals surface area contributed by atoms with Gasteiger partial charge in [0.05, 0.1) is 12.1 Å². The summed E-state index contributed by atoms with van der Waals surface area (Å²) < 4.78 is 5.19. The maximum absolute atomic E-state index is 12.7. The largest absolute Gasteiger partial charge is 0.495 e. The first-order chi connectivity index (χ1) is 13.6. The normalized spacial score (nSPS) is 12.2. The van der Waals surface area contributed by atoms with Crippen LogP contribution < -0.4 is 15.4 Å². The van der Waals surface area contributed by atoms with Gasteiger partial charge in [-0.25, -0.2) is 4.98 Å². The molecule has 1 amide bonds. The van der Waals surface area contributed by atoms with Gasteiger partial charge in [0.1, 0.15) is 11.6 Å². The zero-order valence-corrected chi connectivity index (χ0v) is 16.2. The van der Waals surface area contributed by atoms with Gasteiger partial charge in [-0.05, 0) is 65.9 Å². The summed E-state index contributed by atoms with van der Waals surface area (Å²) in [5.74, 6) is 1.04. The van der Waals surface area contributed by atoms with E-state index in [2.05, 4.69) is 15.6 Å². The minimum Gasteiger partial charge on any atom is -0.495 e. The molecular weight excluding hydrogens is 374 g/mol. The molecule has 1 aliphatic rings. The summed E-state index contributed by atoms with van der Waals surface area (Å²) >= 11 is 6.21. The molecule has 2 heterocycles. The van der Waals surface area contributed by atoms with Gasteiger partial charge in [-0.15, -0.1) is 0 Å². The second kappa shape index (κ2) is 7.90. The first-order valence-electron chi connectivity index (χ1n) is 9.08. The number of anilines is 2. The maximum Gasteiger partial charge on any atom is 0.257 e. The van der Waals surface area contributed by atoms with Crippen molar-refractivity contribution in [3.05, 3.63) is 82.0 Å². The molecule has 4 rings (SSSR count). The Kier molecular flexibility index (Phi) is 5.17. The molecule has 0 atom stereocenters. The summed E-state index contributed by atoms with van der Waals surface area (Å²) in [4.78, 5) is 17.0. The van der Waals surface area contributed by atoms with Crippen LogP contribution in [0.25, 0.3) is 0 Å². The Morgan fingerprint density at radius 3 is 2.89 bits per heavy atom. The topological polar surface area (TPSA) is 63.2 Å². The molecule has 2 N–H and O–H groups in total. The summed E-state index contributed by atoms with van der Waals surface area (Å²) in [6, 6.07) is 15.3. The van der Waals surface area contributed by atoms with Crippen LogP contribution in [0.2, 0.25) is 5.02 Å². The molecular formula is C22H20ClN3O2. The highest BCUT2D eigenvalue weighted by atomic mass is 35.5. The second-order valence-corrected chi connectivity index (χ2v) is 7.06. The van der Waals surface area contributed by atoms with Crippen LogP contribution in [-0.2, 0) is 12.8 Å². The quantitative estimate of drug-likeness (QED) is 0.667. The van der Waals surface area contributed by atoms with Crippen molar-refractivity contribution in [3.8, 4) is 5.75 Å². The molecule has 0 radical (unpaired) electrons. The van der Waals surface area contributed by atoms with Crippen LogP contribution in [0.15, 0.2) is 54.7 Å². The van der Waals surface area contributed by atoms with E-state index in [-0.39, 0.29) is 5.91 Å². The Hall–Kier alpha value is -3.05. The minimum atomic E-state index is -0.141. The standard InChI is InChI=1S/C22H20ClN3O2/c1-28-20-6-5-14(12-18(20)23)11-15-7-9-25-21(13-15)26-22(27)17-3-2-4-19-16(17)8-10-24-19/h2-7,9,12-13,24H,8,10-11H2,1H3,(H,25,26,27). The summed E-state index contributed by atoms with van der Waals surface area (Å²) in [5, 5.41) is 6.79. The van der Waals surface area contributed by atoms with Crippen LogP contribution in [0, 0.1) is 0 Å². The van der Waals surface area contributed by atoms with Crippen molar-refractivity contribution in [3.63, 3.8) is 0 Å². The van der Waals surface area contributed by atoms with E-state index in [0.29, 0.717) is 28.6 Å². The number of aromatic nitrogens is 1. The van der Waals surface area contributed by atoms with Gasteiger partial charge < -0.3 is 15.4 Å². The molecule has 0 fully saturated rings. The van der Waals surface area contributed by atoms with Crippen LogP contribution in [0.5, 0.6) is 5.75 Å². The molecule has 28 heavy (non-hydrogen) atoms. The van der Waals surface area contributed by atoms with Crippen LogP contribution in [-0.4, -0.2) is 24.5 Å². The van der Waals surface area contributed by atoms with E-state index < -0.39 is 0 Å². The van der Waals surface area contributed by atoms with Crippen LogP contribution in [0.1, 0.15) is 27.0 Å². The number of ether oxygens (including phenoxy) is 1. The predicted octanol–water partition coefficient (Wildman–Crippen LogP) is 4.55. The fraction of sp³-hybridized carbons (Fsp3) is 0.182. The average molecular weight is 394 g/mol. The summed E-state index contributed by atoms with van der Waals surface area (Å²) in [5.41, 5.74) is 4.87. The number of amides is 1. The Morgan fingerprint density at radius 2 is 2.07 bits per heavy atom. The fourth-order valence-electron chi connectivity index (χ4n) is 3.45. The number of carbonyl (C=O) groups excluding carboxylic acids is 1. The molecule has 0 bridgehead atoms. The lowest BCUT2D eigenvalue weighted by Crippen LogP contribution is -2.15. The number of nitrogens with zero attached hydrogens (tertiary/aromatic N) is 1. The predicted molar refractivity (Wildman–Crippen MR) is 112 cm³/mol. The number of hydrogen-bond donors (Lipinski definition) is 2. The average Bonchev–Trinajstić information content (AvgIpc) is 3.17. The van der Waals surface area contributed by atoms with Gasteiger partial charge in [0.15, 0.2) is 0 Å². The van der Waals surface area contributed by atoms with E-state index in [1.807, 2.05) is 48.5 Å². The number of nitrogens with one attached hydrogen (secondary N) is 2. The summed E-state index contributed by atoms with van der Waals surface area (Å²) in [6.45, 7) is 0.859. The van der Waals surface area contributed by atoms with E-state index in [1.54, 1.807) is 13.3 Å². The fourth-order valence-corrected chi connectivity index (χ4v) is 3.73. The third-order valence-corrected chi connectivity index (χ3v) is 5.10. The van der Waals surface area contributed by atoms with Gasteiger partial charge in [0.2, 0.25) is 0 Å². The lowest BCUT2D eigenvalue weighted by molar-refractivity contribution is 0.102. The highest BCUT2D eigenvalue weighted by Crippen LogP contribution is 2.27. The van der Waals surface area contributed by atoms with Crippen molar-refractivity contribution in [1.82, 2.24) is 4.98 Å². The smallest absolute Gasteiger partial charge is 0.257 e. The van der Waals surface area contributed by atoms with E-state index in [4.69, 9.17) is 16.3 Å². The van der Waals surface area contributed by atoms with E-state index in [9.17, 15) is 4.79 Å². The highest BCUT2D eigenvalue weighted by Gasteiger charge is 2.18. The molecule has 0 unspecified atom stereocenters. The number of benzene rings is 2. The Morgan fingerprint density at radius 1 is 1.21 bits per heavy atom. The molecule has 6 heteroatoms. The number of methoxy groups -OCH3 is 1. The first-order valence-corrected chi connectivity index (χ1v) is 9.46. The molecule has 3 aromatic rings. The van der Waals surface area contributed by atoms with Crippen LogP contribution >= 0.6 is 11.6 Å². The summed E-state index contributed by atoms with van der Waals surface area (Å²) in [6.07, 6.45) is 3.23.